The summed E-state index contributed by atoms with van der Waals surface area (Å²) in [7, 11) is 1.43. The number of carbonyl (C=O) groups is 2. The Balaban J connectivity index is 2.63. The molecule has 1 saturated heterocycles. The van der Waals surface area contributed by atoms with E-state index in [2.05, 4.69) is 17.1 Å². The van der Waals surface area contributed by atoms with Gasteiger partial charge in [0.2, 0.25) is 5.91 Å². The quantitative estimate of drug-likeness (QED) is 0.750. The number of unbranched alkanes of at least 4 members (excludes halogenated alkanes) is 1. The summed E-state index contributed by atoms with van der Waals surface area (Å²) >= 11 is 0. The van der Waals surface area contributed by atoms with Crippen LogP contribution in [0, 0.1) is 11.8 Å². The van der Waals surface area contributed by atoms with Crippen molar-refractivity contribution in [3.05, 3.63) is 0 Å². The lowest BCUT2D eigenvalue weighted by Crippen LogP contribution is -2.53. The Hall–Kier alpha value is -1.10. The van der Waals surface area contributed by atoms with Gasteiger partial charge in [0.15, 0.2) is 0 Å². The average molecular weight is 284 g/mol. The molecule has 0 aromatic heterocycles. The number of ether oxygens (including phenoxy) is 1. The summed E-state index contributed by atoms with van der Waals surface area (Å²) < 4.78 is 4.86. The number of esters is 1. The Morgan fingerprint density at radius 1 is 1.35 bits per heavy atom. The van der Waals surface area contributed by atoms with Crippen molar-refractivity contribution in [1.82, 2.24) is 10.2 Å². The molecule has 1 amide bonds. The molecule has 0 bridgehead atoms. The first-order valence-electron chi connectivity index (χ1n) is 7.58. The Labute approximate surface area is 122 Å². The van der Waals surface area contributed by atoms with E-state index in [1.54, 1.807) is 0 Å². The number of methoxy groups -OCH3 is 1. The molecular weight excluding hydrogens is 256 g/mol. The van der Waals surface area contributed by atoms with E-state index in [9.17, 15) is 9.59 Å². The van der Waals surface area contributed by atoms with Crippen LogP contribution in [0.3, 0.4) is 0 Å². The van der Waals surface area contributed by atoms with Crippen LogP contribution in [0.2, 0.25) is 0 Å². The van der Waals surface area contributed by atoms with Crippen LogP contribution in [0.4, 0.5) is 0 Å². The lowest BCUT2D eigenvalue weighted by Gasteiger charge is -2.37. The second-order valence-electron chi connectivity index (χ2n) is 5.93. The molecule has 5 nitrogen and oxygen atoms in total. The smallest absolute Gasteiger partial charge is 0.310 e. The van der Waals surface area contributed by atoms with Gasteiger partial charge in [-0.1, -0.05) is 27.2 Å². The topological polar surface area (TPSA) is 58.6 Å². The number of piperidine rings is 1. The molecule has 0 spiro atoms. The zero-order chi connectivity index (χ0) is 15.1. The van der Waals surface area contributed by atoms with Crippen molar-refractivity contribution in [3.63, 3.8) is 0 Å². The van der Waals surface area contributed by atoms with E-state index in [0.29, 0.717) is 6.42 Å². The monoisotopic (exact) mass is 284 g/mol. The molecule has 0 saturated carbocycles. The van der Waals surface area contributed by atoms with E-state index < -0.39 is 0 Å². The van der Waals surface area contributed by atoms with Gasteiger partial charge in [0.25, 0.3) is 0 Å². The van der Waals surface area contributed by atoms with Gasteiger partial charge < -0.3 is 15.0 Å². The van der Waals surface area contributed by atoms with Crippen LogP contribution < -0.4 is 5.32 Å². The van der Waals surface area contributed by atoms with Crippen LogP contribution in [0.5, 0.6) is 0 Å². The molecule has 1 aliphatic rings. The Kier molecular flexibility index (Phi) is 6.99. The van der Waals surface area contributed by atoms with Gasteiger partial charge in [-0.3, -0.25) is 9.59 Å². The third-order valence-corrected chi connectivity index (χ3v) is 3.76. The number of nitrogens with one attached hydrogen (secondary N) is 1. The fraction of sp³-hybridized carbons (Fsp3) is 0.867. The summed E-state index contributed by atoms with van der Waals surface area (Å²) in [6.07, 6.45) is 2.91. The fourth-order valence-electron chi connectivity index (χ4n) is 2.56. The molecule has 2 unspecified atom stereocenters. The van der Waals surface area contributed by atoms with E-state index in [1.807, 2.05) is 13.8 Å². The molecule has 0 aliphatic carbocycles. The second kappa shape index (κ2) is 8.25. The zero-order valence-corrected chi connectivity index (χ0v) is 13.1. The van der Waals surface area contributed by atoms with Gasteiger partial charge in [0.1, 0.15) is 0 Å². The molecule has 0 radical (unpaired) electrons. The van der Waals surface area contributed by atoms with E-state index >= 15 is 0 Å². The van der Waals surface area contributed by atoms with Gasteiger partial charge in [-0.25, -0.2) is 0 Å². The molecule has 0 aromatic carbocycles. The minimum atomic E-state index is -0.171. The maximum Gasteiger partial charge on any atom is 0.310 e. The van der Waals surface area contributed by atoms with E-state index in [4.69, 9.17) is 4.74 Å². The zero-order valence-electron chi connectivity index (χ0n) is 13.1. The normalized spacial score (nSPS) is 23.6. The van der Waals surface area contributed by atoms with Crippen molar-refractivity contribution >= 4 is 11.9 Å². The summed E-state index contributed by atoms with van der Waals surface area (Å²) in [5.41, 5.74) is 0. The van der Waals surface area contributed by atoms with E-state index in [-0.39, 0.29) is 29.8 Å². The molecule has 5 heteroatoms. The maximum absolute atomic E-state index is 11.8. The summed E-state index contributed by atoms with van der Waals surface area (Å²) in [6.45, 7) is 8.44. The Morgan fingerprint density at radius 3 is 2.60 bits per heavy atom. The van der Waals surface area contributed by atoms with Gasteiger partial charge >= 0.3 is 5.97 Å². The van der Waals surface area contributed by atoms with Crippen LogP contribution in [-0.2, 0) is 14.3 Å². The summed E-state index contributed by atoms with van der Waals surface area (Å²) in [6, 6.07) is 0.0413. The first kappa shape index (κ1) is 17.0. The van der Waals surface area contributed by atoms with E-state index in [1.165, 1.54) is 7.11 Å². The number of rotatable bonds is 6. The molecular formula is C15H28N2O3. The molecule has 20 heavy (non-hydrogen) atoms. The molecule has 1 N–H and O–H groups in total. The number of carbonyl (C=O) groups excluding carboxylic acids is 2. The van der Waals surface area contributed by atoms with Gasteiger partial charge in [-0.15, -0.1) is 0 Å². The largest absolute Gasteiger partial charge is 0.469 e. The van der Waals surface area contributed by atoms with Crippen molar-refractivity contribution in [2.45, 2.75) is 46.1 Å². The summed E-state index contributed by atoms with van der Waals surface area (Å²) in [4.78, 5) is 25.9. The number of hydrogen-bond acceptors (Lipinski definition) is 4. The van der Waals surface area contributed by atoms with Crippen molar-refractivity contribution in [2.75, 3.05) is 26.7 Å². The number of likely N-dealkylation sites (tertiary alicyclic amines) is 1. The highest BCUT2D eigenvalue weighted by atomic mass is 16.5. The average Bonchev–Trinajstić information content (AvgIpc) is 2.43. The van der Waals surface area contributed by atoms with Crippen LogP contribution in [-0.4, -0.2) is 49.6 Å². The number of amides is 1. The number of hydrogen-bond donors (Lipinski definition) is 1. The first-order valence-corrected chi connectivity index (χ1v) is 7.58. The van der Waals surface area contributed by atoms with Crippen molar-refractivity contribution in [2.24, 2.45) is 11.8 Å². The maximum atomic E-state index is 11.8. The van der Waals surface area contributed by atoms with Crippen LogP contribution >= 0.6 is 0 Å². The Bertz CT molecular complexity index is 331. The standard InChI is InChI=1S/C15H28N2O3/c1-5-6-7-17-9-12(15(19)20-4)8-13(10-17)16-14(18)11(2)3/h11-13H,5-10H2,1-4H3,(H,16,18). The first-order chi connectivity index (χ1) is 9.47. The van der Waals surface area contributed by atoms with Crippen LogP contribution in [0.25, 0.3) is 0 Å². The predicted molar refractivity (Wildman–Crippen MR) is 78.2 cm³/mol. The molecule has 1 fully saturated rings. The summed E-state index contributed by atoms with van der Waals surface area (Å²) in [5.74, 6) is -0.286. The van der Waals surface area contributed by atoms with Gasteiger partial charge in [0, 0.05) is 25.0 Å². The number of nitrogens with zero attached hydrogens (tertiary/aromatic N) is 1. The molecule has 1 heterocycles. The highest BCUT2D eigenvalue weighted by Crippen LogP contribution is 2.19. The third-order valence-electron chi connectivity index (χ3n) is 3.76. The van der Waals surface area contributed by atoms with Gasteiger partial charge in [-0.05, 0) is 19.4 Å². The minimum Gasteiger partial charge on any atom is -0.469 e. The molecule has 1 rings (SSSR count). The lowest BCUT2D eigenvalue weighted by molar-refractivity contribution is -0.148. The van der Waals surface area contributed by atoms with Crippen molar-refractivity contribution in [1.29, 1.82) is 0 Å². The lowest BCUT2D eigenvalue weighted by atomic mass is 9.93. The van der Waals surface area contributed by atoms with Crippen molar-refractivity contribution < 1.29 is 14.3 Å². The van der Waals surface area contributed by atoms with Gasteiger partial charge in [0.05, 0.1) is 13.0 Å². The predicted octanol–water partition coefficient (Wildman–Crippen LogP) is 1.42. The SMILES string of the molecule is CCCCN1CC(NC(=O)C(C)C)CC(C(=O)OC)C1. The van der Waals surface area contributed by atoms with Crippen LogP contribution in [0.15, 0.2) is 0 Å². The van der Waals surface area contributed by atoms with Gasteiger partial charge in [-0.2, -0.15) is 0 Å². The third kappa shape index (κ3) is 5.12. The van der Waals surface area contributed by atoms with E-state index in [0.717, 1.165) is 32.5 Å². The van der Waals surface area contributed by atoms with Crippen LogP contribution in [0.1, 0.15) is 40.0 Å². The molecule has 116 valence electrons. The molecule has 0 aromatic rings. The molecule has 1 aliphatic heterocycles. The second-order valence-corrected chi connectivity index (χ2v) is 5.93. The minimum absolute atomic E-state index is 0.0300. The van der Waals surface area contributed by atoms with Crippen molar-refractivity contribution in [3.8, 4) is 0 Å². The molecule has 2 atom stereocenters. The fourth-order valence-corrected chi connectivity index (χ4v) is 2.56. The Morgan fingerprint density at radius 2 is 2.05 bits per heavy atom. The highest BCUT2D eigenvalue weighted by Gasteiger charge is 2.32. The highest BCUT2D eigenvalue weighted by molar-refractivity contribution is 5.78. The summed E-state index contributed by atoms with van der Waals surface area (Å²) in [5, 5.41) is 3.05.